The average molecular weight is 453 g/mol. The van der Waals surface area contributed by atoms with E-state index in [1.54, 1.807) is 0 Å². The van der Waals surface area contributed by atoms with Crippen LogP contribution in [0, 0.1) is 0 Å². The van der Waals surface area contributed by atoms with Crippen molar-refractivity contribution in [2.45, 2.75) is 12.8 Å². The Morgan fingerprint density at radius 1 is 0.679 bits per heavy atom. The molecule has 0 aliphatic carbocycles. The molecule has 0 amide bonds. The Balaban J connectivity index is 0.000000280. The van der Waals surface area contributed by atoms with Crippen molar-refractivity contribution in [3.8, 4) is 0 Å². The van der Waals surface area contributed by atoms with Crippen molar-refractivity contribution in [2.24, 2.45) is 0 Å². The molecule has 0 bridgehead atoms. The molecule has 0 saturated carbocycles. The normalized spacial score (nSPS) is 9.71. The third-order valence-electron chi connectivity index (χ3n) is 3.10. The maximum atomic E-state index is 10.3. The van der Waals surface area contributed by atoms with Crippen LogP contribution in [0.25, 0.3) is 0 Å². The molecule has 0 radical (unpaired) electrons. The van der Waals surface area contributed by atoms with Crippen LogP contribution < -0.4 is 0 Å². The van der Waals surface area contributed by atoms with Crippen LogP contribution in [0.3, 0.4) is 0 Å². The predicted octanol–water partition coefficient (Wildman–Crippen LogP) is 4.75. The highest BCUT2D eigenvalue weighted by molar-refractivity contribution is 8.23. The van der Waals surface area contributed by atoms with Gasteiger partial charge in [-0.25, -0.2) is 0 Å². The fraction of sp³-hybridized carbons (Fsp3) is 0.200. The molecule has 0 heterocycles. The van der Waals surface area contributed by atoms with Gasteiger partial charge in [-0.15, -0.1) is 23.5 Å². The lowest BCUT2D eigenvalue weighted by atomic mass is 10.2. The second-order valence-corrected chi connectivity index (χ2v) is 9.08. The van der Waals surface area contributed by atoms with E-state index < -0.39 is 11.9 Å². The molecule has 4 nitrogen and oxygen atoms in total. The molecule has 2 aromatic rings. The number of thiocarbonyl (C=S) groups is 2. The zero-order valence-electron chi connectivity index (χ0n) is 14.9. The lowest BCUT2D eigenvalue weighted by Crippen LogP contribution is -2.03. The highest BCUT2D eigenvalue weighted by Gasteiger charge is 2.04. The number of carbonyl (C=O) groups is 2. The van der Waals surface area contributed by atoms with Gasteiger partial charge in [-0.05, 0) is 11.1 Å². The van der Waals surface area contributed by atoms with E-state index in [0.29, 0.717) is 12.8 Å². The molecule has 0 spiro atoms. The van der Waals surface area contributed by atoms with E-state index >= 15 is 0 Å². The summed E-state index contributed by atoms with van der Waals surface area (Å²) in [5, 5.41) is 16.9. The van der Waals surface area contributed by atoms with Crippen molar-refractivity contribution >= 4 is 68.3 Å². The van der Waals surface area contributed by atoms with Crippen molar-refractivity contribution in [1.29, 1.82) is 0 Å². The minimum Gasteiger partial charge on any atom is -0.481 e. The van der Waals surface area contributed by atoms with Crippen LogP contribution in [0.1, 0.15) is 11.1 Å². The molecule has 8 heteroatoms. The number of benzene rings is 2. The molecule has 2 N–H and O–H groups in total. The molecule has 0 aromatic heterocycles. The molecule has 0 fully saturated rings. The Labute approximate surface area is 183 Å². The Morgan fingerprint density at radius 3 is 1.29 bits per heavy atom. The van der Waals surface area contributed by atoms with Gasteiger partial charge in [0.25, 0.3) is 0 Å². The van der Waals surface area contributed by atoms with Gasteiger partial charge >= 0.3 is 11.9 Å². The summed E-state index contributed by atoms with van der Waals surface area (Å²) in [6.45, 7) is 0. The lowest BCUT2D eigenvalue weighted by Gasteiger charge is -2.01. The van der Waals surface area contributed by atoms with Crippen LogP contribution in [0.5, 0.6) is 0 Å². The largest absolute Gasteiger partial charge is 0.481 e. The van der Waals surface area contributed by atoms with Crippen molar-refractivity contribution in [2.75, 3.05) is 11.5 Å². The highest BCUT2D eigenvalue weighted by atomic mass is 32.2. The third-order valence-corrected chi connectivity index (χ3v) is 5.81. The van der Waals surface area contributed by atoms with Gasteiger partial charge in [0.2, 0.25) is 0 Å². The molecule has 148 valence electrons. The third kappa shape index (κ3) is 12.6. The van der Waals surface area contributed by atoms with Gasteiger partial charge in [0.15, 0.2) is 0 Å². The second kappa shape index (κ2) is 14.3. The molecule has 0 unspecified atom stereocenters. The van der Waals surface area contributed by atoms with Gasteiger partial charge in [0, 0.05) is 12.8 Å². The van der Waals surface area contributed by atoms with E-state index in [4.69, 9.17) is 34.6 Å². The number of hydrogen-bond acceptors (Lipinski definition) is 6. The van der Waals surface area contributed by atoms with Crippen molar-refractivity contribution in [1.82, 2.24) is 0 Å². The van der Waals surface area contributed by atoms with Crippen molar-refractivity contribution in [3.05, 3.63) is 71.8 Å². The number of thioether (sulfide) groups is 2. The zero-order valence-corrected chi connectivity index (χ0v) is 18.2. The van der Waals surface area contributed by atoms with Crippen LogP contribution in [0.2, 0.25) is 0 Å². The van der Waals surface area contributed by atoms with Crippen LogP contribution in [0.15, 0.2) is 60.7 Å². The highest BCUT2D eigenvalue weighted by Crippen LogP contribution is 2.11. The summed E-state index contributed by atoms with van der Waals surface area (Å²) in [6.07, 6.45) is 1.32. The SMILES string of the molecule is O=C(O)CSC(=S)Cc1ccccc1.O=C(O)CSC(=S)Cc1ccccc1. The molecular formula is C20H20O4S4. The van der Waals surface area contributed by atoms with Crippen molar-refractivity contribution < 1.29 is 19.8 Å². The van der Waals surface area contributed by atoms with Crippen LogP contribution >= 0.6 is 48.0 Å². The summed E-state index contributed by atoms with van der Waals surface area (Å²) in [5.74, 6) is -1.56. The van der Waals surface area contributed by atoms with Crippen LogP contribution in [0.4, 0.5) is 0 Å². The van der Waals surface area contributed by atoms with Crippen molar-refractivity contribution in [3.63, 3.8) is 0 Å². The van der Waals surface area contributed by atoms with Gasteiger partial charge in [-0.1, -0.05) is 85.1 Å². The Hall–Kier alpha value is -1.74. The van der Waals surface area contributed by atoms with Gasteiger partial charge in [0.05, 0.1) is 19.9 Å². The second-order valence-electron chi connectivity index (χ2n) is 5.43. The van der Waals surface area contributed by atoms with Crippen LogP contribution in [-0.2, 0) is 22.4 Å². The number of carboxylic acids is 2. The van der Waals surface area contributed by atoms with Gasteiger partial charge in [0.1, 0.15) is 0 Å². The molecular weight excluding hydrogens is 432 g/mol. The maximum absolute atomic E-state index is 10.3. The molecule has 2 aromatic carbocycles. The molecule has 0 aliphatic rings. The quantitative estimate of drug-likeness (QED) is 0.556. The first-order valence-corrected chi connectivity index (χ1v) is 11.0. The summed E-state index contributed by atoms with van der Waals surface area (Å²) in [7, 11) is 0. The number of carboxylic acid groups (broad SMARTS) is 2. The maximum Gasteiger partial charge on any atom is 0.313 e. The van der Waals surface area contributed by atoms with E-state index in [9.17, 15) is 9.59 Å². The number of rotatable bonds is 8. The fourth-order valence-corrected chi connectivity index (χ4v) is 3.70. The Bertz CT molecular complexity index is 712. The predicted molar refractivity (Wildman–Crippen MR) is 126 cm³/mol. The molecule has 0 aliphatic heterocycles. The summed E-state index contributed by atoms with van der Waals surface area (Å²) in [4.78, 5) is 20.6. The first kappa shape index (κ1) is 24.3. The number of aliphatic carboxylic acids is 2. The average Bonchev–Trinajstić information content (AvgIpc) is 2.67. The van der Waals surface area contributed by atoms with E-state index in [-0.39, 0.29) is 11.5 Å². The van der Waals surface area contributed by atoms with E-state index in [1.807, 2.05) is 60.7 Å². The van der Waals surface area contributed by atoms with Gasteiger partial charge < -0.3 is 10.2 Å². The lowest BCUT2D eigenvalue weighted by molar-refractivity contribution is -0.134. The van der Waals surface area contributed by atoms with Gasteiger partial charge in [-0.3, -0.25) is 9.59 Å². The zero-order chi connectivity index (χ0) is 20.8. The summed E-state index contributed by atoms with van der Waals surface area (Å²) in [6, 6.07) is 19.6. The molecule has 2 rings (SSSR count). The monoisotopic (exact) mass is 452 g/mol. The Kier molecular flexibility index (Phi) is 12.4. The van der Waals surface area contributed by atoms with Crippen LogP contribution in [-0.4, -0.2) is 42.1 Å². The first-order valence-electron chi connectivity index (χ1n) is 8.19. The molecule has 0 atom stereocenters. The standard InChI is InChI=1S/2C10H10O2S2/c2*11-9(12)7-14-10(13)6-8-4-2-1-3-5-8/h2*1-5H,6-7H2,(H,11,12). The topological polar surface area (TPSA) is 74.6 Å². The summed E-state index contributed by atoms with van der Waals surface area (Å²) >= 11 is 12.5. The molecule has 28 heavy (non-hydrogen) atoms. The van der Waals surface area contributed by atoms with E-state index in [1.165, 1.54) is 23.5 Å². The first-order chi connectivity index (χ1) is 13.4. The van der Waals surface area contributed by atoms with E-state index in [2.05, 4.69) is 0 Å². The summed E-state index contributed by atoms with van der Waals surface area (Å²) < 4.78 is 1.44. The molecule has 0 saturated heterocycles. The number of hydrogen-bond donors (Lipinski definition) is 2. The van der Waals surface area contributed by atoms with E-state index in [0.717, 1.165) is 19.5 Å². The fourth-order valence-electron chi connectivity index (χ4n) is 1.91. The smallest absolute Gasteiger partial charge is 0.313 e. The minimum atomic E-state index is -0.828. The Morgan fingerprint density at radius 2 is 1.00 bits per heavy atom. The minimum absolute atomic E-state index is 0.0473. The summed E-state index contributed by atoms with van der Waals surface area (Å²) in [5.41, 5.74) is 2.24. The van der Waals surface area contributed by atoms with Gasteiger partial charge in [-0.2, -0.15) is 0 Å².